The van der Waals surface area contributed by atoms with Crippen molar-refractivity contribution >= 4 is 29.2 Å². The van der Waals surface area contributed by atoms with Gasteiger partial charge in [0.15, 0.2) is 5.43 Å². The van der Waals surface area contributed by atoms with Crippen molar-refractivity contribution < 1.29 is 24.2 Å². The highest BCUT2D eigenvalue weighted by Gasteiger charge is 2.26. The summed E-state index contributed by atoms with van der Waals surface area (Å²) in [6.45, 7) is -0.235. The van der Waals surface area contributed by atoms with E-state index in [1.165, 1.54) is 18.2 Å². The first-order valence-corrected chi connectivity index (χ1v) is 9.41. The van der Waals surface area contributed by atoms with E-state index in [9.17, 15) is 24.6 Å². The van der Waals surface area contributed by atoms with E-state index in [0.29, 0.717) is 45.7 Å². The topological polar surface area (TPSA) is 143 Å². The molecule has 0 bridgehead atoms. The molecule has 0 saturated carbocycles. The van der Waals surface area contributed by atoms with E-state index in [0.717, 1.165) is 6.26 Å². The predicted octanol–water partition coefficient (Wildman–Crippen LogP) is 3.32. The monoisotopic (exact) mass is 418 g/mol. The van der Waals surface area contributed by atoms with E-state index in [-0.39, 0.29) is 23.3 Å². The number of carboxylic acids is 1. The Kier molecular flexibility index (Phi) is 5.14. The van der Waals surface area contributed by atoms with Crippen LogP contribution in [0.25, 0.3) is 34.1 Å². The van der Waals surface area contributed by atoms with Crippen LogP contribution in [0.4, 0.5) is 5.69 Å². The predicted molar refractivity (Wildman–Crippen MR) is 116 cm³/mol. The molecule has 1 amide bonds. The SMILES string of the molecule is NCC(=O)Nc1ccc(-c2c3ccc(=O)cc-3oc3c2C=CCC3=CO)c(C(=O)O)c1. The van der Waals surface area contributed by atoms with Gasteiger partial charge < -0.3 is 25.7 Å². The van der Waals surface area contributed by atoms with Crippen LogP contribution >= 0.6 is 0 Å². The summed E-state index contributed by atoms with van der Waals surface area (Å²) < 4.78 is 5.92. The van der Waals surface area contributed by atoms with Gasteiger partial charge in [0.2, 0.25) is 5.91 Å². The van der Waals surface area contributed by atoms with E-state index in [1.54, 1.807) is 24.3 Å². The van der Waals surface area contributed by atoms with E-state index in [4.69, 9.17) is 10.2 Å². The van der Waals surface area contributed by atoms with Crippen LogP contribution in [-0.2, 0) is 4.79 Å². The number of aliphatic hydroxyl groups excluding tert-OH is 1. The molecule has 0 radical (unpaired) electrons. The molecule has 0 aromatic heterocycles. The maximum Gasteiger partial charge on any atom is 0.336 e. The summed E-state index contributed by atoms with van der Waals surface area (Å²) in [6, 6.07) is 8.79. The molecule has 0 fully saturated rings. The Morgan fingerprint density at radius 2 is 1.94 bits per heavy atom. The zero-order valence-electron chi connectivity index (χ0n) is 16.2. The van der Waals surface area contributed by atoms with Crippen molar-refractivity contribution in [1.82, 2.24) is 0 Å². The van der Waals surface area contributed by atoms with Crippen LogP contribution in [0.3, 0.4) is 0 Å². The quantitative estimate of drug-likeness (QED) is 0.476. The fourth-order valence-electron chi connectivity index (χ4n) is 3.64. The van der Waals surface area contributed by atoms with Crippen molar-refractivity contribution in [1.29, 1.82) is 0 Å². The molecule has 0 spiro atoms. The molecule has 1 heterocycles. The molecule has 4 rings (SSSR count). The second-order valence-electron chi connectivity index (χ2n) is 6.96. The first-order chi connectivity index (χ1) is 14.9. The highest BCUT2D eigenvalue weighted by Crippen LogP contribution is 2.44. The maximum absolute atomic E-state index is 12.1. The van der Waals surface area contributed by atoms with Gasteiger partial charge in [-0.05, 0) is 36.2 Å². The number of carbonyl (C=O) groups excluding carboxylic acids is 1. The second-order valence-corrected chi connectivity index (χ2v) is 6.96. The molecule has 1 aromatic carbocycles. The van der Waals surface area contributed by atoms with Crippen LogP contribution in [-0.4, -0.2) is 28.6 Å². The third kappa shape index (κ3) is 3.60. The first kappa shape index (κ1) is 20.1. The molecule has 8 heteroatoms. The Morgan fingerprint density at radius 3 is 2.65 bits per heavy atom. The molecule has 1 aromatic rings. The average molecular weight is 418 g/mol. The van der Waals surface area contributed by atoms with Crippen LogP contribution in [0.5, 0.6) is 0 Å². The summed E-state index contributed by atoms with van der Waals surface area (Å²) in [4.78, 5) is 35.6. The number of anilines is 1. The van der Waals surface area contributed by atoms with Gasteiger partial charge in [0.05, 0.1) is 18.4 Å². The third-order valence-corrected chi connectivity index (χ3v) is 5.01. The van der Waals surface area contributed by atoms with Gasteiger partial charge in [-0.2, -0.15) is 0 Å². The number of fused-ring (bicyclic) bond motifs is 2. The zero-order chi connectivity index (χ0) is 22.1. The number of aromatic carboxylic acids is 1. The molecule has 31 heavy (non-hydrogen) atoms. The normalized spacial score (nSPS) is 13.9. The van der Waals surface area contributed by atoms with Gasteiger partial charge in [0.25, 0.3) is 0 Å². The van der Waals surface area contributed by atoms with Crippen molar-refractivity contribution in [2.75, 3.05) is 11.9 Å². The maximum atomic E-state index is 12.1. The lowest BCUT2D eigenvalue weighted by Gasteiger charge is -2.22. The van der Waals surface area contributed by atoms with Gasteiger partial charge in [-0.1, -0.05) is 18.2 Å². The highest BCUT2D eigenvalue weighted by atomic mass is 16.4. The zero-order valence-corrected chi connectivity index (χ0v) is 16.2. The molecule has 0 unspecified atom stereocenters. The molecule has 3 aliphatic rings. The van der Waals surface area contributed by atoms with Crippen molar-refractivity contribution in [3.8, 4) is 22.5 Å². The molecule has 0 saturated heterocycles. The van der Waals surface area contributed by atoms with Crippen LogP contribution in [0, 0.1) is 0 Å². The Labute approximate surface area is 176 Å². The number of carboxylic acid groups (broad SMARTS) is 1. The fraction of sp³-hybridized carbons (Fsp3) is 0.0870. The summed E-state index contributed by atoms with van der Waals surface area (Å²) >= 11 is 0. The number of nitrogens with two attached hydrogens (primary N) is 1. The summed E-state index contributed by atoms with van der Waals surface area (Å²) in [5.41, 5.74) is 7.84. The van der Waals surface area contributed by atoms with Gasteiger partial charge >= 0.3 is 5.97 Å². The van der Waals surface area contributed by atoms with Crippen LogP contribution in [0.2, 0.25) is 0 Å². The Bertz CT molecular complexity index is 1300. The smallest absolute Gasteiger partial charge is 0.336 e. The molecule has 1 aliphatic heterocycles. The highest BCUT2D eigenvalue weighted by molar-refractivity contribution is 6.04. The number of amides is 1. The molecule has 8 nitrogen and oxygen atoms in total. The van der Waals surface area contributed by atoms with Gasteiger partial charge in [0, 0.05) is 34.0 Å². The van der Waals surface area contributed by atoms with Crippen molar-refractivity contribution in [2.45, 2.75) is 6.42 Å². The summed E-state index contributed by atoms with van der Waals surface area (Å²) in [5.74, 6) is -1.02. The minimum Gasteiger partial charge on any atom is -0.515 e. The molecular formula is C23H18N2O6. The second kappa shape index (κ2) is 7.92. The largest absolute Gasteiger partial charge is 0.515 e. The molecule has 2 aliphatic carbocycles. The Balaban J connectivity index is 2.05. The average Bonchev–Trinajstić information content (AvgIpc) is 2.77. The minimum atomic E-state index is -1.19. The fourth-order valence-corrected chi connectivity index (χ4v) is 3.64. The lowest BCUT2D eigenvalue weighted by Crippen LogP contribution is -2.22. The number of hydrogen-bond donors (Lipinski definition) is 4. The number of rotatable bonds is 4. The van der Waals surface area contributed by atoms with E-state index < -0.39 is 11.9 Å². The van der Waals surface area contributed by atoms with Crippen LogP contribution < -0.4 is 16.5 Å². The standard InChI is InChI=1S/C23H18N2O6/c24-10-20(28)25-13-4-6-15(18(8-13)23(29)30)21-16-7-5-14(27)9-19(16)31-22-12(11-26)2-1-3-17(21)22/h1,3-9,11,26H,2,10,24H2,(H,25,28)(H,29,30). The lowest BCUT2D eigenvalue weighted by atomic mass is 9.86. The van der Waals surface area contributed by atoms with Crippen molar-refractivity contribution in [3.63, 3.8) is 0 Å². The number of benzene rings is 2. The number of aliphatic hydroxyl groups is 1. The summed E-state index contributed by atoms with van der Waals surface area (Å²) in [7, 11) is 0. The number of nitrogens with one attached hydrogen (secondary N) is 1. The van der Waals surface area contributed by atoms with Gasteiger partial charge in [-0.25, -0.2) is 4.79 Å². The van der Waals surface area contributed by atoms with Gasteiger partial charge in [-0.15, -0.1) is 0 Å². The van der Waals surface area contributed by atoms with E-state index in [2.05, 4.69) is 5.32 Å². The minimum absolute atomic E-state index is 0.0516. The van der Waals surface area contributed by atoms with Gasteiger partial charge in [-0.3, -0.25) is 9.59 Å². The van der Waals surface area contributed by atoms with E-state index in [1.807, 2.05) is 6.08 Å². The Hall–Kier alpha value is -4.17. The summed E-state index contributed by atoms with van der Waals surface area (Å²) in [5, 5.41) is 22.1. The molecule has 156 valence electrons. The van der Waals surface area contributed by atoms with Gasteiger partial charge in [0.1, 0.15) is 11.5 Å². The number of hydrogen-bond acceptors (Lipinski definition) is 6. The number of carbonyl (C=O) groups is 2. The Morgan fingerprint density at radius 1 is 1.16 bits per heavy atom. The van der Waals surface area contributed by atoms with Crippen molar-refractivity contribution in [2.24, 2.45) is 5.73 Å². The molecule has 0 atom stereocenters. The molecular weight excluding hydrogens is 400 g/mol. The summed E-state index contributed by atoms with van der Waals surface area (Å²) in [6.07, 6.45) is 4.98. The lowest BCUT2D eigenvalue weighted by molar-refractivity contribution is -0.114. The van der Waals surface area contributed by atoms with Crippen LogP contribution in [0.1, 0.15) is 28.1 Å². The third-order valence-electron chi connectivity index (χ3n) is 5.01. The van der Waals surface area contributed by atoms with Crippen LogP contribution in [0.15, 0.2) is 57.9 Å². The van der Waals surface area contributed by atoms with E-state index >= 15 is 0 Å². The van der Waals surface area contributed by atoms with Crippen molar-refractivity contribution in [3.05, 3.63) is 75.8 Å². The first-order valence-electron chi connectivity index (χ1n) is 9.41. The number of allylic oxidation sites excluding steroid dienone is 2. The molecule has 5 N–H and O–H groups in total.